The summed E-state index contributed by atoms with van der Waals surface area (Å²) >= 11 is 0. The lowest BCUT2D eigenvalue weighted by Gasteiger charge is -2.33. The maximum Gasteiger partial charge on any atom is 0.410 e. The molecule has 9 fully saturated rings. The van der Waals surface area contributed by atoms with Crippen LogP contribution in [0.3, 0.4) is 0 Å². The number of aliphatic hydroxyl groups is 3. The number of piperidine rings is 6. The van der Waals surface area contributed by atoms with Crippen LogP contribution in [0.25, 0.3) is 12.2 Å². The zero-order chi connectivity index (χ0) is 107. The third-order valence-electron chi connectivity index (χ3n) is 28.5. The first-order valence-corrected chi connectivity index (χ1v) is 55.4. The highest BCUT2D eigenvalue weighted by Crippen LogP contribution is 2.37. The normalized spacial score (nSPS) is 18.7. The molecule has 5 aromatic carbocycles. The number of nitrogens with zero attached hydrogens (tertiary/aromatic N) is 4. The molecule has 6 saturated heterocycles. The van der Waals surface area contributed by atoms with E-state index in [1.54, 1.807) is 53.1 Å². The average Bonchev–Trinajstić information content (AvgIpc) is 1.31. The molecule has 0 bridgehead atoms. The first-order chi connectivity index (χ1) is 71.0. The fourth-order valence-electron chi connectivity index (χ4n) is 19.6. The van der Waals surface area contributed by atoms with Crippen LogP contribution < -0.4 is 10.6 Å². The molecule has 0 aromatic heterocycles. The largest absolute Gasteiger partial charge is 0.462 e. The standard InChI is InChI=1S/C31H39NO4.C25H37NO4.C20H29NO2.C17H22O4.C11H21NO3.C11H19NO3.C6H13NO/c33-23-28(34)16-14-24-10-12-26(13-11-24)22-32-20-18-25(19-21-32)15-17-30(27-6-2-1-3-7-27)31(35)36-29-8-4-5-9-29;1-25(2,3)30-24(28)26-17-15-19(16-18-26)13-14-22(20-9-5-4-6-10-20)23(27)29-21-11-7-8-12-21;22-20(23-18-8-4-5-9-18)19(17-6-2-1-3-7-17)11-10-16-12-14-21-15-13-16;1-13(2)11-20-14(3)21-12-17(19)9-8-15-4-6-16(10-18)7-5-15;2*1-11(2,3)15-10(14)12-6-4-9(8-13)5-7-12;8-5-6-1-3-7-4-2-6/h1-3,6-7,10-14,16,25,29-30,33H,4-5,8-9,15,17-23H2;4-6,9-10,19,21-22H,7-8,11-18H2,1-3H3;1-3,6-7,16,18-19,21H,4-5,8-15H2;4-10,13-14H,11-12H2,1-3H3;9,13H,4-8H2,1-3H3;8-9H,4-7H2,1-3H3;6-8H,1-5H2/b16-14+;;;9-8+;;;/t30-;22-;19-;;;;/m000..../s1. The van der Waals surface area contributed by atoms with Crippen molar-refractivity contribution in [3.05, 3.63) is 191 Å². The molecule has 3 aliphatic carbocycles. The zero-order valence-corrected chi connectivity index (χ0v) is 91.2. The van der Waals surface area contributed by atoms with Crippen LogP contribution in [0.5, 0.6) is 0 Å². The van der Waals surface area contributed by atoms with Gasteiger partial charge in [-0.05, 0) is 382 Å². The van der Waals surface area contributed by atoms with Gasteiger partial charge in [0.1, 0.15) is 60.9 Å². The SMILES string of the molecule is CC(C)(C)OC(=O)N1CCC(C=O)CC1.CC(C)(C)OC(=O)N1CCC(CC[C@H](C(=O)OC2CCCC2)c2ccccc2)CC1.CC(C)(C)OC(=O)N1CCC(CO)CC1.CC(C)COC(C)OCC(=O)/C=C/c1ccc(C=O)cc1.O=C(/C=C/c1ccc(CN2CCC(CC[C@H](C(=O)OC3CCCC3)c3ccccc3)CC2)cc1)CO.O=C(OC1CCCC1)[C@@H](CCC1CCNCC1)c1ccccc1.OCC1CCNCC1. The highest BCUT2D eigenvalue weighted by Gasteiger charge is 2.36. The summed E-state index contributed by atoms with van der Waals surface area (Å²) in [6.07, 6.45) is 38.4. The lowest BCUT2D eigenvalue weighted by molar-refractivity contribution is -0.151. The fourth-order valence-corrected chi connectivity index (χ4v) is 19.6. The topological polar surface area (TPSA) is 342 Å². The van der Waals surface area contributed by atoms with Gasteiger partial charge in [0.15, 0.2) is 17.9 Å². The maximum absolute atomic E-state index is 13.1. The number of hydrogen-bond acceptors (Lipinski definition) is 24. The Kier molecular flexibility index (Phi) is 56.2. The van der Waals surface area contributed by atoms with Crippen LogP contribution in [0, 0.1) is 41.4 Å². The molecule has 6 aliphatic heterocycles. The van der Waals surface area contributed by atoms with Crippen LogP contribution in [0.15, 0.2) is 152 Å². The molecule has 9 aliphatic rings. The molecule has 3 amide bonds. The molecule has 14 rings (SSSR count). The van der Waals surface area contributed by atoms with Gasteiger partial charge in [0.25, 0.3) is 0 Å². The van der Waals surface area contributed by atoms with Crippen LogP contribution in [0.1, 0.15) is 337 Å². The molecule has 4 atom stereocenters. The Balaban J connectivity index is 0.000000218. The van der Waals surface area contributed by atoms with E-state index in [9.17, 15) is 47.9 Å². The van der Waals surface area contributed by atoms with Gasteiger partial charge in [-0.1, -0.05) is 166 Å². The third kappa shape index (κ3) is 49.9. The summed E-state index contributed by atoms with van der Waals surface area (Å²) < 4.78 is 44.3. The fraction of sp³-hybridized carbons (Fsp3) is 0.636. The summed E-state index contributed by atoms with van der Waals surface area (Å²) in [6, 6.07) is 45.6. The van der Waals surface area contributed by atoms with Crippen molar-refractivity contribution < 1.29 is 101 Å². The second-order valence-electron chi connectivity index (χ2n) is 44.8. The van der Waals surface area contributed by atoms with E-state index in [4.69, 9.17) is 53.2 Å². The summed E-state index contributed by atoms with van der Waals surface area (Å²) in [7, 11) is 0. The quantitative estimate of drug-likeness (QED) is 0.00827. The molecule has 6 heterocycles. The van der Waals surface area contributed by atoms with E-state index < -0.39 is 29.7 Å². The zero-order valence-electron chi connectivity index (χ0n) is 91.2. The van der Waals surface area contributed by atoms with Gasteiger partial charge in [-0.3, -0.25) is 33.7 Å². The molecule has 148 heavy (non-hydrogen) atoms. The average molecular weight is 2050 g/mol. The van der Waals surface area contributed by atoms with Gasteiger partial charge in [-0.2, -0.15) is 0 Å². The van der Waals surface area contributed by atoms with Crippen molar-refractivity contribution in [2.75, 3.05) is 112 Å². The summed E-state index contributed by atoms with van der Waals surface area (Å²) in [6.45, 7) is 35.0. The first-order valence-electron chi connectivity index (χ1n) is 55.4. The number of esters is 3. The van der Waals surface area contributed by atoms with Crippen molar-refractivity contribution in [3.8, 4) is 0 Å². The Labute approximate surface area is 884 Å². The van der Waals surface area contributed by atoms with Gasteiger partial charge in [0, 0.05) is 70.5 Å². The predicted octanol–water partition coefficient (Wildman–Crippen LogP) is 21.8. The van der Waals surface area contributed by atoms with Crippen molar-refractivity contribution in [1.29, 1.82) is 0 Å². The number of ether oxygens (including phenoxy) is 8. The van der Waals surface area contributed by atoms with Gasteiger partial charge >= 0.3 is 36.2 Å². The second kappa shape index (κ2) is 67.5. The second-order valence-corrected chi connectivity index (χ2v) is 44.8. The molecular formula is C121H180N6O21. The van der Waals surface area contributed by atoms with Crippen LogP contribution >= 0.6 is 0 Å². The summed E-state index contributed by atoms with van der Waals surface area (Å²) in [5, 5.41) is 33.1. The Morgan fingerprint density at radius 1 is 0.378 bits per heavy atom. The number of rotatable bonds is 35. The van der Waals surface area contributed by atoms with Gasteiger partial charge in [-0.15, -0.1) is 0 Å². The number of aliphatic hydroxyl groups excluding tert-OH is 3. The Hall–Kier alpha value is -9.84. The minimum atomic E-state index is -0.462. The van der Waals surface area contributed by atoms with Crippen molar-refractivity contribution in [2.45, 2.75) is 341 Å². The molecule has 5 aromatic rings. The highest BCUT2D eigenvalue weighted by molar-refractivity contribution is 5.95. The molecule has 27 nitrogen and oxygen atoms in total. The molecule has 3 saturated carbocycles. The number of carbonyl (C=O) groups is 10. The number of carbonyl (C=O) groups excluding carboxylic acids is 10. The monoisotopic (exact) mass is 2050 g/mol. The predicted molar refractivity (Wildman–Crippen MR) is 581 cm³/mol. The molecule has 0 radical (unpaired) electrons. The van der Waals surface area contributed by atoms with E-state index in [0.717, 1.165) is 259 Å². The molecule has 5 N–H and O–H groups in total. The molecule has 1 unspecified atom stereocenters. The van der Waals surface area contributed by atoms with Gasteiger partial charge < -0.3 is 83.3 Å². The van der Waals surface area contributed by atoms with E-state index in [1.165, 1.54) is 56.2 Å². The maximum atomic E-state index is 13.1. The number of likely N-dealkylation sites (tertiary alicyclic amines) is 4. The molecular weight excluding hydrogens is 1870 g/mol. The lowest BCUT2D eigenvalue weighted by atomic mass is 9.86. The first kappa shape index (κ1) is 123. The van der Waals surface area contributed by atoms with E-state index in [0.29, 0.717) is 74.5 Å². The van der Waals surface area contributed by atoms with Crippen LogP contribution in [0.4, 0.5) is 14.4 Å². The van der Waals surface area contributed by atoms with Gasteiger partial charge in [-0.25, -0.2) is 14.4 Å². The van der Waals surface area contributed by atoms with Crippen molar-refractivity contribution in [1.82, 2.24) is 30.2 Å². The number of aldehydes is 2. The van der Waals surface area contributed by atoms with Crippen molar-refractivity contribution in [3.63, 3.8) is 0 Å². The summed E-state index contributed by atoms with van der Waals surface area (Å²) in [5.74, 6) is 2.41. The van der Waals surface area contributed by atoms with E-state index in [1.807, 2.05) is 146 Å². The number of ketones is 2. The van der Waals surface area contributed by atoms with Crippen LogP contribution in [-0.2, 0) is 73.2 Å². The number of benzene rings is 5. The minimum absolute atomic E-state index is 0.00275. The van der Waals surface area contributed by atoms with Crippen molar-refractivity contribution >= 4 is 72.5 Å². The van der Waals surface area contributed by atoms with Crippen LogP contribution in [0.2, 0.25) is 0 Å². The highest BCUT2D eigenvalue weighted by atomic mass is 16.7. The summed E-state index contributed by atoms with van der Waals surface area (Å²) in [4.78, 5) is 126. The van der Waals surface area contributed by atoms with Gasteiger partial charge in [0.2, 0.25) is 0 Å². The third-order valence-corrected chi connectivity index (χ3v) is 28.5. The molecule has 820 valence electrons. The van der Waals surface area contributed by atoms with E-state index in [-0.39, 0.29) is 103 Å². The molecule has 27 heteroatoms. The number of hydrogen-bond donors (Lipinski definition) is 5. The van der Waals surface area contributed by atoms with Crippen LogP contribution in [-0.4, -0.2) is 248 Å². The smallest absolute Gasteiger partial charge is 0.410 e. The van der Waals surface area contributed by atoms with E-state index >= 15 is 0 Å². The van der Waals surface area contributed by atoms with E-state index in [2.05, 4.69) is 65.8 Å². The summed E-state index contributed by atoms with van der Waals surface area (Å²) in [5.41, 5.74) is 5.60. The molecule has 0 spiro atoms. The van der Waals surface area contributed by atoms with Gasteiger partial charge in [0.05, 0.1) is 24.4 Å². The lowest BCUT2D eigenvalue weighted by Crippen LogP contribution is -2.42. The Morgan fingerprint density at radius 2 is 0.696 bits per heavy atom. The number of amides is 3. The number of nitrogens with one attached hydrogen (secondary N) is 2. The Bertz CT molecular complexity index is 4650. The van der Waals surface area contributed by atoms with Crippen molar-refractivity contribution in [2.24, 2.45) is 41.4 Å². The minimum Gasteiger partial charge on any atom is -0.462 e. The Morgan fingerprint density at radius 3 is 1.03 bits per heavy atom.